The van der Waals surface area contributed by atoms with Gasteiger partial charge < -0.3 is 40.2 Å². The average molecular weight is 992 g/mol. The molecule has 68 heavy (non-hydrogen) atoms. The lowest BCUT2D eigenvalue weighted by molar-refractivity contribution is -0.150. The molecule has 0 bridgehead atoms. The van der Waals surface area contributed by atoms with Gasteiger partial charge in [0.2, 0.25) is 11.8 Å². The number of phosphoric ester groups is 1. The number of carboxylic acids is 1. The Balaban J connectivity index is 5.35. The third kappa shape index (κ3) is 43.3. The molecular formula is C51H98N3O13P. The minimum Gasteiger partial charge on any atom is -0.481 e. The van der Waals surface area contributed by atoms with Gasteiger partial charge in [0, 0.05) is 32.2 Å². The number of amides is 3. The molecule has 0 aliphatic rings. The van der Waals surface area contributed by atoms with Crippen molar-refractivity contribution in [1.29, 1.82) is 0 Å². The van der Waals surface area contributed by atoms with E-state index >= 15 is 0 Å². The summed E-state index contributed by atoms with van der Waals surface area (Å²) in [7, 11) is -4.69. The number of ether oxygens (including phenoxy) is 3. The molecule has 4 unspecified atom stereocenters. The summed E-state index contributed by atoms with van der Waals surface area (Å²) in [6.45, 7) is 10.6. The average Bonchev–Trinajstić information content (AvgIpc) is 3.27. The summed E-state index contributed by atoms with van der Waals surface area (Å²) in [5.74, 6) is -2.33. The topological polar surface area (TPSA) is 225 Å². The largest absolute Gasteiger partial charge is 0.481 e. The van der Waals surface area contributed by atoms with Crippen LogP contribution in [-0.2, 0) is 47.0 Å². The molecule has 0 radical (unpaired) electrons. The predicted molar refractivity (Wildman–Crippen MR) is 268 cm³/mol. The molecule has 0 saturated heterocycles. The quantitative estimate of drug-likeness (QED) is 0.0218. The Labute approximate surface area is 411 Å². The van der Waals surface area contributed by atoms with Crippen molar-refractivity contribution < 1.29 is 61.8 Å². The number of phosphoric acid groups is 1. The normalized spacial score (nSPS) is 13.8. The fraction of sp³-hybridized carbons (Fsp3) is 0.902. The molecule has 0 heterocycles. The van der Waals surface area contributed by atoms with E-state index in [0.717, 1.165) is 77.0 Å². The molecule has 0 aromatic carbocycles. The molecule has 400 valence electrons. The van der Waals surface area contributed by atoms with Crippen LogP contribution in [0.4, 0.5) is 4.79 Å². The van der Waals surface area contributed by atoms with Gasteiger partial charge in [0.25, 0.3) is 0 Å². The van der Waals surface area contributed by atoms with Gasteiger partial charge in [0.15, 0.2) is 0 Å². The molecule has 5 N–H and O–H groups in total. The van der Waals surface area contributed by atoms with Crippen LogP contribution in [0.3, 0.4) is 0 Å². The van der Waals surface area contributed by atoms with Crippen molar-refractivity contribution in [2.45, 2.75) is 264 Å². The molecule has 4 atom stereocenters. The van der Waals surface area contributed by atoms with Gasteiger partial charge in [-0.1, -0.05) is 162 Å². The summed E-state index contributed by atoms with van der Waals surface area (Å²) < 4.78 is 40.5. The number of hydrogen-bond acceptors (Lipinski definition) is 11. The maximum absolute atomic E-state index is 13.1. The highest BCUT2D eigenvalue weighted by Gasteiger charge is 2.27. The monoisotopic (exact) mass is 992 g/mol. The fourth-order valence-corrected chi connectivity index (χ4v) is 8.32. The second-order valence-corrected chi connectivity index (χ2v) is 20.8. The SMILES string of the molecule is CCCCCCCCCCCCCC(=O)NC(COCCC(CCCCCCC)OC(=O)CCCCCCCCCCC)COP(=O)(O)OCCNC(=O)C(CCC(=O)O)NC(=O)OC(C)(C)C. The summed E-state index contributed by atoms with van der Waals surface area (Å²) in [5, 5.41) is 16.8. The first kappa shape index (κ1) is 65.2. The molecule has 0 aromatic heterocycles. The van der Waals surface area contributed by atoms with E-state index in [4.69, 9.17) is 28.4 Å². The van der Waals surface area contributed by atoms with Gasteiger partial charge in [-0.3, -0.25) is 28.2 Å². The first-order valence-electron chi connectivity index (χ1n) is 26.7. The maximum atomic E-state index is 13.1. The van der Waals surface area contributed by atoms with Gasteiger partial charge in [0.1, 0.15) is 17.7 Å². The van der Waals surface area contributed by atoms with E-state index in [9.17, 15) is 33.4 Å². The number of carbonyl (C=O) groups excluding carboxylic acids is 4. The van der Waals surface area contributed by atoms with Crippen LogP contribution in [0.15, 0.2) is 0 Å². The fourth-order valence-electron chi connectivity index (χ4n) is 7.55. The Kier molecular flexibility index (Phi) is 41.3. The molecule has 3 amide bonds. The number of carboxylic acid groups (broad SMARTS) is 1. The van der Waals surface area contributed by atoms with Gasteiger partial charge in [-0.25, -0.2) is 9.36 Å². The number of esters is 1. The van der Waals surface area contributed by atoms with Crippen LogP contribution in [-0.4, -0.2) is 96.6 Å². The summed E-state index contributed by atoms with van der Waals surface area (Å²) in [6.07, 6.45) is 28.6. The van der Waals surface area contributed by atoms with Gasteiger partial charge >= 0.3 is 25.9 Å². The van der Waals surface area contributed by atoms with Crippen LogP contribution < -0.4 is 16.0 Å². The minimum atomic E-state index is -4.69. The van der Waals surface area contributed by atoms with Gasteiger partial charge in [-0.15, -0.1) is 0 Å². The van der Waals surface area contributed by atoms with Crippen molar-refractivity contribution in [1.82, 2.24) is 16.0 Å². The number of carbonyl (C=O) groups is 5. The summed E-state index contributed by atoms with van der Waals surface area (Å²) in [6, 6.07) is -2.04. The Bertz CT molecular complexity index is 1350. The molecule has 0 rings (SSSR count). The minimum absolute atomic E-state index is 0.0297. The summed E-state index contributed by atoms with van der Waals surface area (Å²) in [4.78, 5) is 72.8. The van der Waals surface area contributed by atoms with Crippen molar-refractivity contribution in [3.63, 3.8) is 0 Å². The smallest absolute Gasteiger partial charge is 0.472 e. The molecule has 0 saturated carbocycles. The molecular weight excluding hydrogens is 894 g/mol. The van der Waals surface area contributed by atoms with E-state index in [1.54, 1.807) is 20.8 Å². The van der Waals surface area contributed by atoms with Crippen molar-refractivity contribution in [3.05, 3.63) is 0 Å². The molecule has 0 aliphatic heterocycles. The highest BCUT2D eigenvalue weighted by atomic mass is 31.2. The highest BCUT2D eigenvalue weighted by molar-refractivity contribution is 7.47. The third-order valence-corrected chi connectivity index (χ3v) is 12.4. The number of hydrogen-bond donors (Lipinski definition) is 5. The third-order valence-electron chi connectivity index (χ3n) is 11.4. The molecule has 0 fully saturated rings. The number of aliphatic carboxylic acids is 1. The lowest BCUT2D eigenvalue weighted by atomic mass is 10.1. The Morgan fingerprint density at radius 2 is 1.07 bits per heavy atom. The summed E-state index contributed by atoms with van der Waals surface area (Å²) >= 11 is 0. The van der Waals surface area contributed by atoms with Crippen LogP contribution in [0.1, 0.15) is 241 Å². The van der Waals surface area contributed by atoms with Crippen molar-refractivity contribution in [2.75, 3.05) is 33.0 Å². The van der Waals surface area contributed by atoms with E-state index < -0.39 is 63.1 Å². The second kappa shape index (κ2) is 43.0. The van der Waals surface area contributed by atoms with E-state index in [1.165, 1.54) is 83.5 Å². The van der Waals surface area contributed by atoms with Crippen LogP contribution in [0.5, 0.6) is 0 Å². The van der Waals surface area contributed by atoms with E-state index in [2.05, 4.69) is 36.7 Å². The standard InChI is InChI=1S/C51H98N3O13P/c1-7-10-13-16-18-20-21-23-24-27-30-33-46(55)53-43(42-65-68(61,62)64-40-38-52-49(59)45(35-36-47(56)57)54-50(60)67-51(4,5)6)41-63-39-37-44(32-29-26-15-12-9-3)66-48(58)34-31-28-25-22-19-17-14-11-8-2/h43-45H,7-42H2,1-6H3,(H,52,59)(H,53,55)(H,54,60)(H,56,57)(H,61,62). The number of rotatable bonds is 47. The molecule has 0 spiro atoms. The highest BCUT2D eigenvalue weighted by Crippen LogP contribution is 2.43. The molecule has 16 nitrogen and oxygen atoms in total. The lowest BCUT2D eigenvalue weighted by Crippen LogP contribution is -2.49. The summed E-state index contributed by atoms with van der Waals surface area (Å²) in [5.41, 5.74) is -0.854. The maximum Gasteiger partial charge on any atom is 0.472 e. The second-order valence-electron chi connectivity index (χ2n) is 19.3. The van der Waals surface area contributed by atoms with Gasteiger partial charge in [-0.2, -0.15) is 0 Å². The Hall–Kier alpha value is -2.78. The zero-order valence-corrected chi connectivity index (χ0v) is 44.4. The first-order valence-corrected chi connectivity index (χ1v) is 28.2. The van der Waals surface area contributed by atoms with Crippen LogP contribution in [0.25, 0.3) is 0 Å². The number of unbranched alkanes of at least 4 members (excludes halogenated alkanes) is 22. The van der Waals surface area contributed by atoms with E-state index in [0.29, 0.717) is 19.3 Å². The van der Waals surface area contributed by atoms with Crippen molar-refractivity contribution in [2.24, 2.45) is 0 Å². The predicted octanol–water partition coefficient (Wildman–Crippen LogP) is 11.8. The van der Waals surface area contributed by atoms with Crippen molar-refractivity contribution >= 4 is 37.7 Å². The molecule has 0 aliphatic carbocycles. The number of nitrogens with one attached hydrogen (secondary N) is 3. The number of alkyl carbamates (subject to hydrolysis) is 1. The van der Waals surface area contributed by atoms with E-state index in [1.807, 2.05) is 0 Å². The molecule has 0 aromatic rings. The van der Waals surface area contributed by atoms with Crippen LogP contribution in [0.2, 0.25) is 0 Å². The van der Waals surface area contributed by atoms with Gasteiger partial charge in [0.05, 0.1) is 32.5 Å². The molecule has 17 heteroatoms. The van der Waals surface area contributed by atoms with Crippen molar-refractivity contribution in [3.8, 4) is 0 Å². The Morgan fingerprint density at radius 1 is 0.574 bits per heavy atom. The van der Waals surface area contributed by atoms with Gasteiger partial charge in [-0.05, 0) is 52.9 Å². The zero-order valence-electron chi connectivity index (χ0n) is 43.5. The zero-order chi connectivity index (χ0) is 50.7. The lowest BCUT2D eigenvalue weighted by Gasteiger charge is -2.23. The first-order chi connectivity index (χ1) is 32.5. The van der Waals surface area contributed by atoms with Crippen LogP contribution >= 0.6 is 7.82 Å². The van der Waals surface area contributed by atoms with E-state index in [-0.39, 0.29) is 50.6 Å². The van der Waals surface area contributed by atoms with Crippen LogP contribution in [0, 0.1) is 0 Å². The Morgan fingerprint density at radius 3 is 1.59 bits per heavy atom.